The molecule has 2 aromatic heterocycles. The zero-order valence-electron chi connectivity index (χ0n) is 17.6. The highest BCUT2D eigenvalue weighted by Gasteiger charge is 2.50. The number of aryl methyl sites for hydroxylation is 1. The molecule has 7 rings (SSSR count). The molecule has 152 valence electrons. The van der Waals surface area contributed by atoms with Crippen LogP contribution in [0.1, 0.15) is 5.69 Å². The molecule has 0 N–H and O–H groups in total. The van der Waals surface area contributed by atoms with Gasteiger partial charge in [0, 0.05) is 10.8 Å². The second-order valence-electron chi connectivity index (χ2n) is 8.42. The van der Waals surface area contributed by atoms with E-state index in [2.05, 4.69) is 114 Å². The summed E-state index contributed by atoms with van der Waals surface area (Å²) in [6, 6.07) is 36.4. The number of fused-ring (bicyclic) bond motifs is 3. The molecule has 0 saturated carbocycles. The zero-order valence-corrected chi connectivity index (χ0v) is 18.6. The average molecular weight is 429 g/mol. The molecule has 0 bridgehead atoms. The summed E-state index contributed by atoms with van der Waals surface area (Å²) >= 11 is 0. The van der Waals surface area contributed by atoms with Gasteiger partial charge in [-0.1, -0.05) is 97.1 Å². The second-order valence-corrected chi connectivity index (χ2v) is 11.6. The van der Waals surface area contributed by atoms with Gasteiger partial charge in [-0.05, 0) is 28.7 Å². The summed E-state index contributed by atoms with van der Waals surface area (Å²) < 4.78 is 9.62. The fraction of sp³-hybridized carbons (Fsp3) is 0.0357. The van der Waals surface area contributed by atoms with Gasteiger partial charge in [-0.15, -0.1) is 0 Å². The molecule has 3 nitrogen and oxygen atoms in total. The van der Waals surface area contributed by atoms with E-state index in [1.165, 1.54) is 31.8 Å². The van der Waals surface area contributed by atoms with Crippen molar-refractivity contribution in [2.75, 3.05) is 0 Å². The molecule has 32 heavy (non-hydrogen) atoms. The van der Waals surface area contributed by atoms with E-state index in [0.29, 0.717) is 0 Å². The van der Waals surface area contributed by atoms with Crippen molar-refractivity contribution >= 4 is 51.3 Å². The summed E-state index contributed by atoms with van der Waals surface area (Å²) in [5.74, 6) is 0.933. The predicted octanol–water partition coefficient (Wildman–Crippen LogP) is 4.31. The number of rotatable bonds is 2. The van der Waals surface area contributed by atoms with E-state index in [1.807, 2.05) is 0 Å². The fourth-order valence-electron chi connectivity index (χ4n) is 5.42. The summed E-state index contributed by atoms with van der Waals surface area (Å²) in [7, 11) is -2.84. The van der Waals surface area contributed by atoms with Crippen LogP contribution in [0.25, 0.3) is 27.3 Å². The molecule has 0 radical (unpaired) electrons. The standard InChI is InChI=1S/C28H20N2OSi/c1-19-28-30-26-23(22-15-8-9-16-24(22)27(30)29-19)17-10-18-25(26)31-32(28,20-11-4-2-5-12-20)21-13-6-3-7-14-21/h2-18H,1H3. The minimum Gasteiger partial charge on any atom is -0.528 e. The van der Waals surface area contributed by atoms with Gasteiger partial charge >= 0.3 is 8.32 Å². The Kier molecular flexibility index (Phi) is 3.50. The van der Waals surface area contributed by atoms with Gasteiger partial charge in [0.15, 0.2) is 0 Å². The van der Waals surface area contributed by atoms with E-state index in [4.69, 9.17) is 9.41 Å². The maximum absolute atomic E-state index is 7.22. The number of para-hydroxylation sites is 1. The van der Waals surface area contributed by atoms with E-state index >= 15 is 0 Å². The third kappa shape index (κ3) is 2.12. The van der Waals surface area contributed by atoms with E-state index in [-0.39, 0.29) is 0 Å². The average Bonchev–Trinajstić information content (AvgIpc) is 3.22. The Morgan fingerprint density at radius 3 is 1.94 bits per heavy atom. The predicted molar refractivity (Wildman–Crippen MR) is 133 cm³/mol. The Balaban J connectivity index is 1.76. The molecule has 3 heterocycles. The van der Waals surface area contributed by atoms with Crippen LogP contribution in [0.2, 0.25) is 0 Å². The maximum atomic E-state index is 7.22. The Morgan fingerprint density at radius 1 is 0.656 bits per heavy atom. The van der Waals surface area contributed by atoms with Crippen LogP contribution in [0.15, 0.2) is 103 Å². The SMILES string of the molecule is Cc1nc2c3ccccc3c3cccc4c3n2c1[Si](c1ccccc1)(c1ccccc1)O4. The third-order valence-electron chi connectivity index (χ3n) is 6.69. The van der Waals surface area contributed by atoms with Crippen LogP contribution in [-0.4, -0.2) is 17.7 Å². The van der Waals surface area contributed by atoms with E-state index in [1.54, 1.807) is 0 Å². The van der Waals surface area contributed by atoms with Crippen LogP contribution in [0, 0.1) is 6.92 Å². The van der Waals surface area contributed by atoms with Gasteiger partial charge in [-0.25, -0.2) is 4.98 Å². The van der Waals surface area contributed by atoms with Crippen LogP contribution < -0.4 is 20.1 Å². The summed E-state index contributed by atoms with van der Waals surface area (Å²) in [6.45, 7) is 2.13. The molecular formula is C28H20N2OSi. The van der Waals surface area contributed by atoms with Crippen LogP contribution in [0.4, 0.5) is 0 Å². The quantitative estimate of drug-likeness (QED) is 0.304. The van der Waals surface area contributed by atoms with Gasteiger partial charge in [0.1, 0.15) is 11.4 Å². The van der Waals surface area contributed by atoms with E-state index in [0.717, 1.165) is 22.6 Å². The fourth-order valence-corrected chi connectivity index (χ4v) is 9.55. The first kappa shape index (κ1) is 17.8. The normalized spacial score (nSPS) is 14.3. The molecule has 0 aliphatic carbocycles. The molecular weight excluding hydrogens is 408 g/mol. The molecule has 0 spiro atoms. The lowest BCUT2D eigenvalue weighted by molar-refractivity contribution is 0.574. The van der Waals surface area contributed by atoms with Crippen molar-refractivity contribution < 1.29 is 4.43 Å². The number of hydrogen-bond acceptors (Lipinski definition) is 2. The first-order valence-corrected chi connectivity index (χ1v) is 12.8. The van der Waals surface area contributed by atoms with Crippen LogP contribution in [-0.2, 0) is 0 Å². The minimum absolute atomic E-state index is 0.933. The highest BCUT2D eigenvalue weighted by molar-refractivity contribution is 7.07. The molecule has 6 aromatic rings. The highest BCUT2D eigenvalue weighted by Crippen LogP contribution is 2.37. The molecule has 4 aromatic carbocycles. The van der Waals surface area contributed by atoms with Crippen molar-refractivity contribution in [3.8, 4) is 5.75 Å². The van der Waals surface area contributed by atoms with Gasteiger partial charge < -0.3 is 4.43 Å². The number of nitrogens with zero attached hydrogens (tertiary/aromatic N) is 2. The monoisotopic (exact) mass is 428 g/mol. The van der Waals surface area contributed by atoms with E-state index in [9.17, 15) is 0 Å². The van der Waals surface area contributed by atoms with Gasteiger partial charge in [0.05, 0.1) is 16.5 Å². The van der Waals surface area contributed by atoms with Crippen molar-refractivity contribution in [3.05, 3.63) is 109 Å². The number of hydrogen-bond donors (Lipinski definition) is 0. The van der Waals surface area contributed by atoms with Gasteiger partial charge in [0.25, 0.3) is 0 Å². The van der Waals surface area contributed by atoms with Crippen LogP contribution >= 0.6 is 0 Å². The molecule has 1 aliphatic rings. The van der Waals surface area contributed by atoms with Crippen LogP contribution in [0.5, 0.6) is 5.75 Å². The lowest BCUT2D eigenvalue weighted by Gasteiger charge is -2.37. The van der Waals surface area contributed by atoms with Gasteiger partial charge in [0.2, 0.25) is 0 Å². The largest absolute Gasteiger partial charge is 0.528 e. The van der Waals surface area contributed by atoms with Gasteiger partial charge in [-0.2, -0.15) is 0 Å². The summed E-state index contributed by atoms with van der Waals surface area (Å²) in [5, 5.41) is 7.26. The number of pyridine rings is 1. The van der Waals surface area contributed by atoms with Crippen molar-refractivity contribution in [1.82, 2.24) is 9.38 Å². The lowest BCUT2D eigenvalue weighted by Crippen LogP contribution is -2.74. The second kappa shape index (κ2) is 6.31. The molecule has 4 heteroatoms. The molecule has 0 fully saturated rings. The number of benzene rings is 4. The van der Waals surface area contributed by atoms with E-state index < -0.39 is 8.32 Å². The summed E-state index contributed by atoms with van der Waals surface area (Å²) in [5.41, 5.74) is 3.17. The Morgan fingerprint density at radius 2 is 1.25 bits per heavy atom. The first-order chi connectivity index (χ1) is 15.8. The Labute approximate surface area is 186 Å². The van der Waals surface area contributed by atoms with Crippen molar-refractivity contribution in [3.63, 3.8) is 0 Å². The number of imidazole rings is 1. The minimum atomic E-state index is -2.84. The summed E-state index contributed by atoms with van der Waals surface area (Å²) in [6.07, 6.45) is 0. The van der Waals surface area contributed by atoms with Gasteiger partial charge in [-0.3, -0.25) is 4.40 Å². The third-order valence-corrected chi connectivity index (χ3v) is 10.8. The molecule has 0 atom stereocenters. The first-order valence-electron chi connectivity index (χ1n) is 10.9. The number of aromatic nitrogens is 2. The van der Waals surface area contributed by atoms with Crippen molar-refractivity contribution in [2.45, 2.75) is 6.92 Å². The smallest absolute Gasteiger partial charge is 0.365 e. The zero-order chi connectivity index (χ0) is 21.3. The maximum Gasteiger partial charge on any atom is 0.365 e. The van der Waals surface area contributed by atoms with Crippen LogP contribution in [0.3, 0.4) is 0 Å². The molecule has 0 amide bonds. The lowest BCUT2D eigenvalue weighted by atomic mass is 10.1. The molecule has 1 aliphatic heterocycles. The Hall–Kier alpha value is -3.89. The molecule has 0 unspecified atom stereocenters. The topological polar surface area (TPSA) is 26.5 Å². The Bertz CT molecular complexity index is 1620. The van der Waals surface area contributed by atoms with Crippen molar-refractivity contribution in [1.29, 1.82) is 0 Å². The highest BCUT2D eigenvalue weighted by atomic mass is 28.4. The van der Waals surface area contributed by atoms with Crippen molar-refractivity contribution in [2.24, 2.45) is 0 Å². The summed E-state index contributed by atoms with van der Waals surface area (Å²) in [4.78, 5) is 5.16. The molecule has 0 saturated heterocycles.